The highest BCUT2D eigenvalue weighted by molar-refractivity contribution is 6.30. The quantitative estimate of drug-likeness (QED) is 0.675. The number of aryl methyl sites for hydroxylation is 1. The van der Waals surface area contributed by atoms with Crippen molar-refractivity contribution in [1.29, 1.82) is 0 Å². The average Bonchev–Trinajstić information content (AvgIpc) is 2.66. The van der Waals surface area contributed by atoms with Gasteiger partial charge in [0.2, 0.25) is 0 Å². The van der Waals surface area contributed by atoms with E-state index in [1.54, 1.807) is 0 Å². The highest BCUT2D eigenvalue weighted by Crippen LogP contribution is 2.34. The molecule has 1 aliphatic heterocycles. The molecule has 3 aromatic rings. The zero-order valence-electron chi connectivity index (χ0n) is 14.4. The summed E-state index contributed by atoms with van der Waals surface area (Å²) in [6, 6.07) is 23.6. The van der Waals surface area contributed by atoms with Gasteiger partial charge in [0.1, 0.15) is 6.17 Å². The number of nitrogens with zero attached hydrogens (tertiary/aromatic N) is 1. The van der Waals surface area contributed by atoms with Crippen molar-refractivity contribution < 1.29 is 4.79 Å². The molecule has 4 heteroatoms. The highest BCUT2D eigenvalue weighted by atomic mass is 35.5. The average molecular weight is 363 g/mol. The predicted octanol–water partition coefficient (Wildman–Crippen LogP) is 5.42. The number of carbonyl (C=O) groups excluding carboxylic acids is 1. The SMILES string of the molecule is Cc1ccc([C@@H]2Nc3ccccc3C(=O)N2Cc2ccc(Cl)cc2)cc1. The lowest BCUT2D eigenvalue weighted by atomic mass is 10.0. The third-order valence-corrected chi connectivity index (χ3v) is 4.93. The normalized spacial score (nSPS) is 16.2. The summed E-state index contributed by atoms with van der Waals surface area (Å²) in [5, 5.41) is 4.22. The van der Waals surface area contributed by atoms with Crippen LogP contribution in [0.2, 0.25) is 5.02 Å². The first kappa shape index (κ1) is 16.7. The molecule has 0 fully saturated rings. The number of carbonyl (C=O) groups is 1. The van der Waals surface area contributed by atoms with E-state index in [9.17, 15) is 4.79 Å². The minimum Gasteiger partial charge on any atom is -0.361 e. The topological polar surface area (TPSA) is 32.3 Å². The van der Waals surface area contributed by atoms with Crippen molar-refractivity contribution >= 4 is 23.2 Å². The van der Waals surface area contributed by atoms with Crippen molar-refractivity contribution in [3.63, 3.8) is 0 Å². The van der Waals surface area contributed by atoms with Crippen molar-refractivity contribution in [3.8, 4) is 0 Å². The molecule has 0 spiro atoms. The lowest BCUT2D eigenvalue weighted by Crippen LogP contribution is -2.42. The van der Waals surface area contributed by atoms with Gasteiger partial charge < -0.3 is 10.2 Å². The highest BCUT2D eigenvalue weighted by Gasteiger charge is 2.32. The molecule has 3 nitrogen and oxygen atoms in total. The van der Waals surface area contributed by atoms with Gasteiger partial charge >= 0.3 is 0 Å². The second-order valence-corrected chi connectivity index (χ2v) is 7.00. The Morgan fingerprint density at radius 3 is 2.38 bits per heavy atom. The van der Waals surface area contributed by atoms with E-state index in [1.807, 2.05) is 53.4 Å². The van der Waals surface area contributed by atoms with Gasteiger partial charge in [-0.15, -0.1) is 0 Å². The molecule has 1 N–H and O–H groups in total. The van der Waals surface area contributed by atoms with Gasteiger partial charge in [-0.2, -0.15) is 0 Å². The molecule has 1 heterocycles. The van der Waals surface area contributed by atoms with E-state index >= 15 is 0 Å². The van der Waals surface area contributed by atoms with Crippen LogP contribution in [0, 0.1) is 6.92 Å². The van der Waals surface area contributed by atoms with E-state index in [4.69, 9.17) is 11.6 Å². The number of benzene rings is 3. The number of anilines is 1. The van der Waals surface area contributed by atoms with E-state index in [0.29, 0.717) is 17.1 Å². The first-order valence-electron chi connectivity index (χ1n) is 8.59. The van der Waals surface area contributed by atoms with Crippen LogP contribution in [0.1, 0.15) is 33.2 Å². The van der Waals surface area contributed by atoms with Gasteiger partial charge in [0.25, 0.3) is 5.91 Å². The van der Waals surface area contributed by atoms with E-state index in [2.05, 4.69) is 36.5 Å². The van der Waals surface area contributed by atoms with E-state index < -0.39 is 0 Å². The summed E-state index contributed by atoms with van der Waals surface area (Å²) in [6.07, 6.45) is -0.214. The molecular weight excluding hydrogens is 344 g/mol. The summed E-state index contributed by atoms with van der Waals surface area (Å²) in [7, 11) is 0. The van der Waals surface area contributed by atoms with Crippen molar-refractivity contribution in [1.82, 2.24) is 4.90 Å². The smallest absolute Gasteiger partial charge is 0.258 e. The van der Waals surface area contributed by atoms with Gasteiger partial charge in [-0.05, 0) is 42.3 Å². The predicted molar refractivity (Wildman–Crippen MR) is 105 cm³/mol. The molecule has 0 saturated carbocycles. The lowest BCUT2D eigenvalue weighted by molar-refractivity contribution is 0.0666. The van der Waals surface area contributed by atoms with E-state index in [0.717, 1.165) is 16.8 Å². The fraction of sp³-hybridized carbons (Fsp3) is 0.136. The summed E-state index contributed by atoms with van der Waals surface area (Å²) < 4.78 is 0. The van der Waals surface area contributed by atoms with Gasteiger partial charge in [-0.1, -0.05) is 65.7 Å². The van der Waals surface area contributed by atoms with Crippen molar-refractivity contribution in [2.75, 3.05) is 5.32 Å². The Hall–Kier alpha value is -2.78. The lowest BCUT2D eigenvalue weighted by Gasteiger charge is -2.38. The molecule has 0 bridgehead atoms. The van der Waals surface area contributed by atoms with Crippen LogP contribution >= 0.6 is 11.6 Å². The van der Waals surface area contributed by atoms with Crippen LogP contribution < -0.4 is 5.32 Å². The number of hydrogen-bond acceptors (Lipinski definition) is 2. The minimum absolute atomic E-state index is 0.0277. The van der Waals surface area contributed by atoms with Gasteiger partial charge in [-0.25, -0.2) is 0 Å². The molecule has 130 valence electrons. The number of hydrogen-bond donors (Lipinski definition) is 1. The van der Waals surface area contributed by atoms with Crippen LogP contribution in [0.15, 0.2) is 72.8 Å². The van der Waals surface area contributed by atoms with Crippen LogP contribution in [0.3, 0.4) is 0 Å². The first-order valence-corrected chi connectivity index (χ1v) is 8.97. The van der Waals surface area contributed by atoms with Gasteiger partial charge in [0.05, 0.1) is 5.56 Å². The van der Waals surface area contributed by atoms with Gasteiger partial charge in [0.15, 0.2) is 0 Å². The second kappa shape index (κ2) is 6.85. The van der Waals surface area contributed by atoms with Gasteiger partial charge in [0, 0.05) is 17.3 Å². The summed E-state index contributed by atoms with van der Waals surface area (Å²) in [5.74, 6) is 0.0277. The molecule has 4 rings (SSSR count). The molecule has 0 unspecified atom stereocenters. The Kier molecular flexibility index (Phi) is 4.39. The van der Waals surface area contributed by atoms with Crippen LogP contribution in [0.25, 0.3) is 0 Å². The molecule has 1 amide bonds. The fourth-order valence-electron chi connectivity index (χ4n) is 3.25. The van der Waals surface area contributed by atoms with Gasteiger partial charge in [-0.3, -0.25) is 4.79 Å². The maximum atomic E-state index is 13.2. The first-order chi connectivity index (χ1) is 12.6. The molecule has 0 radical (unpaired) electrons. The zero-order chi connectivity index (χ0) is 18.1. The Morgan fingerprint density at radius 1 is 0.962 bits per heavy atom. The minimum atomic E-state index is -0.214. The Labute approximate surface area is 158 Å². The number of para-hydroxylation sites is 1. The number of halogens is 1. The van der Waals surface area contributed by atoms with E-state index in [-0.39, 0.29) is 12.1 Å². The Bertz CT molecular complexity index is 935. The molecule has 0 aliphatic carbocycles. The fourth-order valence-corrected chi connectivity index (χ4v) is 3.38. The zero-order valence-corrected chi connectivity index (χ0v) is 15.2. The van der Waals surface area contributed by atoms with Crippen LogP contribution in [0.4, 0.5) is 5.69 Å². The Morgan fingerprint density at radius 2 is 1.65 bits per heavy atom. The largest absolute Gasteiger partial charge is 0.361 e. The molecule has 1 atom stereocenters. The molecule has 26 heavy (non-hydrogen) atoms. The summed E-state index contributed by atoms with van der Waals surface area (Å²) in [5.41, 5.74) is 4.87. The standard InChI is InChI=1S/C22H19ClN2O/c1-15-6-10-17(11-7-15)21-24-20-5-3-2-4-19(20)22(26)25(21)14-16-8-12-18(23)13-9-16/h2-13,21,24H,14H2,1H3/t21-/m1/s1. The number of amides is 1. The summed E-state index contributed by atoms with van der Waals surface area (Å²) in [6.45, 7) is 2.57. The van der Waals surface area contributed by atoms with Crippen LogP contribution in [-0.4, -0.2) is 10.8 Å². The summed E-state index contributed by atoms with van der Waals surface area (Å²) >= 11 is 6.00. The van der Waals surface area contributed by atoms with Crippen molar-refractivity contribution in [2.45, 2.75) is 19.6 Å². The second-order valence-electron chi connectivity index (χ2n) is 6.56. The molecule has 0 saturated heterocycles. The monoisotopic (exact) mass is 362 g/mol. The molecular formula is C22H19ClN2O. The van der Waals surface area contributed by atoms with Crippen molar-refractivity contribution in [3.05, 3.63) is 100 Å². The van der Waals surface area contributed by atoms with E-state index in [1.165, 1.54) is 5.56 Å². The van der Waals surface area contributed by atoms with Crippen LogP contribution in [-0.2, 0) is 6.54 Å². The third kappa shape index (κ3) is 3.18. The maximum Gasteiger partial charge on any atom is 0.258 e. The summed E-state index contributed by atoms with van der Waals surface area (Å²) in [4.78, 5) is 15.1. The molecule has 1 aliphatic rings. The van der Waals surface area contributed by atoms with Crippen LogP contribution in [0.5, 0.6) is 0 Å². The number of nitrogens with one attached hydrogen (secondary N) is 1. The van der Waals surface area contributed by atoms with Crippen molar-refractivity contribution in [2.24, 2.45) is 0 Å². The molecule has 3 aromatic carbocycles. The molecule has 0 aromatic heterocycles. The maximum absolute atomic E-state index is 13.2. The number of fused-ring (bicyclic) bond motifs is 1. The third-order valence-electron chi connectivity index (χ3n) is 4.68. The number of rotatable bonds is 3. The Balaban J connectivity index is 1.74.